The van der Waals surface area contributed by atoms with Gasteiger partial charge in [-0.1, -0.05) is 127 Å². The number of aromatic nitrogens is 2. The van der Waals surface area contributed by atoms with Crippen LogP contribution in [0.25, 0.3) is 119 Å². The second kappa shape index (κ2) is 12.1. The zero-order chi connectivity index (χ0) is 37.9. The topological polar surface area (TPSA) is 23.0 Å². The van der Waals surface area contributed by atoms with Gasteiger partial charge in [0.2, 0.25) is 0 Å². The normalized spacial score (nSPS) is 12.1. The fourth-order valence-corrected chi connectivity index (χ4v) is 10.8. The van der Waals surface area contributed by atoms with Crippen LogP contribution < -0.4 is 0 Å². The number of thiophene rings is 1. The van der Waals surface area contributed by atoms with Crippen LogP contribution in [0.2, 0.25) is 0 Å². The minimum absolute atomic E-state index is 0.909. The van der Waals surface area contributed by atoms with Crippen LogP contribution in [0.4, 0.5) is 0 Å². The summed E-state index contributed by atoms with van der Waals surface area (Å²) in [6.45, 7) is 0. The molecule has 0 spiro atoms. The smallest absolute Gasteiger partial charge is 0.143 e. The summed E-state index contributed by atoms with van der Waals surface area (Å²) in [6, 6.07) is 70.7. The van der Waals surface area contributed by atoms with Crippen molar-refractivity contribution in [2.75, 3.05) is 0 Å². The van der Waals surface area contributed by atoms with Crippen LogP contribution in [0.5, 0.6) is 0 Å². The maximum atomic E-state index is 6.68. The van der Waals surface area contributed by atoms with Gasteiger partial charge in [-0.15, -0.1) is 11.3 Å². The van der Waals surface area contributed by atoms with E-state index in [0.29, 0.717) is 0 Å². The van der Waals surface area contributed by atoms with E-state index in [2.05, 4.69) is 197 Å². The molecule has 0 aliphatic heterocycles. The third kappa shape index (κ3) is 4.43. The molecule has 0 bridgehead atoms. The second-order valence-corrected chi connectivity index (χ2v) is 16.3. The SMILES string of the molecule is c1ccc(-n2c3ccccc3c3cc(-c4cccc5c4c4ccccc4n5-c4cc(-c5cccc6c5oc5ccccc56)c5sc6ccccc6c5c4)ccc32)cc1. The number of hydrogen-bond acceptors (Lipinski definition) is 2. The van der Waals surface area contributed by atoms with Gasteiger partial charge in [-0.2, -0.15) is 0 Å². The van der Waals surface area contributed by atoms with Crippen molar-refractivity contribution in [1.82, 2.24) is 9.13 Å². The molecule has 0 aliphatic carbocycles. The molecule has 3 nitrogen and oxygen atoms in total. The van der Waals surface area contributed by atoms with Crippen molar-refractivity contribution >= 4 is 97.1 Å². The fraction of sp³-hybridized carbons (Fsp3) is 0. The summed E-state index contributed by atoms with van der Waals surface area (Å²) in [4.78, 5) is 0. The van der Waals surface area contributed by atoms with Crippen molar-refractivity contribution in [1.29, 1.82) is 0 Å². The Hall–Kier alpha value is -7.40. The van der Waals surface area contributed by atoms with Crippen molar-refractivity contribution in [2.24, 2.45) is 0 Å². The maximum absolute atomic E-state index is 6.68. The van der Waals surface area contributed by atoms with Gasteiger partial charge in [0.25, 0.3) is 0 Å². The zero-order valence-electron chi connectivity index (χ0n) is 31.2. The molecule has 4 heteroatoms. The zero-order valence-corrected chi connectivity index (χ0v) is 32.0. The van der Waals surface area contributed by atoms with Crippen molar-refractivity contribution in [3.8, 4) is 33.6 Å². The fourth-order valence-electron chi connectivity index (χ4n) is 9.63. The predicted molar refractivity (Wildman–Crippen MR) is 246 cm³/mol. The van der Waals surface area contributed by atoms with Crippen LogP contribution in [0.1, 0.15) is 0 Å². The molecule has 4 aromatic heterocycles. The highest BCUT2D eigenvalue weighted by atomic mass is 32.1. The van der Waals surface area contributed by atoms with Crippen LogP contribution in [0.3, 0.4) is 0 Å². The van der Waals surface area contributed by atoms with Gasteiger partial charge in [0.15, 0.2) is 0 Å². The first-order chi connectivity index (χ1) is 28.8. The summed E-state index contributed by atoms with van der Waals surface area (Å²) in [5, 5.41) is 9.78. The summed E-state index contributed by atoms with van der Waals surface area (Å²) in [5.41, 5.74) is 13.6. The quantitative estimate of drug-likeness (QED) is 0.175. The number of hydrogen-bond donors (Lipinski definition) is 0. The first-order valence-electron chi connectivity index (χ1n) is 19.8. The van der Waals surface area contributed by atoms with E-state index in [1.807, 2.05) is 17.4 Å². The van der Waals surface area contributed by atoms with Crippen molar-refractivity contribution in [3.63, 3.8) is 0 Å². The van der Waals surface area contributed by atoms with Crippen LogP contribution in [0.15, 0.2) is 199 Å². The van der Waals surface area contributed by atoms with E-state index in [4.69, 9.17) is 4.42 Å². The van der Waals surface area contributed by atoms with Crippen molar-refractivity contribution in [2.45, 2.75) is 0 Å². The number of fused-ring (bicyclic) bond motifs is 12. The average molecular weight is 757 g/mol. The van der Waals surface area contributed by atoms with Gasteiger partial charge in [0.1, 0.15) is 11.2 Å². The highest BCUT2D eigenvalue weighted by molar-refractivity contribution is 7.26. The van der Waals surface area contributed by atoms with Gasteiger partial charge >= 0.3 is 0 Å². The standard InChI is InChI=1S/C54H32N2OS/c1-2-14-34(15-3-1)55-46-23-8-4-16-37(46)43-30-33(28-29-48(43)55)36-20-13-25-49-52(36)42-19-5-9-24-47(42)56(49)35-31-44-39-18-7-11-27-51(39)58-54(44)45(32-35)41-22-12-21-40-38-17-6-10-26-50(38)57-53(40)41/h1-32H. The number of rotatable bonds is 4. The molecule has 0 saturated heterocycles. The van der Waals surface area contributed by atoms with E-state index in [1.54, 1.807) is 0 Å². The molecule has 270 valence electrons. The van der Waals surface area contributed by atoms with Crippen molar-refractivity contribution in [3.05, 3.63) is 194 Å². The molecular weight excluding hydrogens is 725 g/mol. The van der Waals surface area contributed by atoms with E-state index in [-0.39, 0.29) is 0 Å². The Morgan fingerprint density at radius 2 is 1.00 bits per heavy atom. The minimum Gasteiger partial charge on any atom is -0.455 e. The van der Waals surface area contributed by atoms with Gasteiger partial charge < -0.3 is 13.6 Å². The first kappa shape index (κ1) is 31.8. The van der Waals surface area contributed by atoms with E-state index in [9.17, 15) is 0 Å². The Morgan fingerprint density at radius 1 is 0.362 bits per heavy atom. The van der Waals surface area contributed by atoms with E-state index >= 15 is 0 Å². The van der Waals surface area contributed by atoms with Gasteiger partial charge in [-0.3, -0.25) is 0 Å². The first-order valence-corrected chi connectivity index (χ1v) is 20.6. The van der Waals surface area contributed by atoms with E-state index < -0.39 is 0 Å². The lowest BCUT2D eigenvalue weighted by Gasteiger charge is -2.13. The van der Waals surface area contributed by atoms with E-state index in [1.165, 1.54) is 80.5 Å². The molecule has 9 aromatic carbocycles. The lowest BCUT2D eigenvalue weighted by atomic mass is 9.97. The van der Waals surface area contributed by atoms with Gasteiger partial charge in [-0.05, 0) is 77.9 Å². The molecular formula is C54H32N2OS. The Kier molecular flexibility index (Phi) is 6.60. The molecule has 13 aromatic rings. The Bertz CT molecular complexity index is 3800. The Morgan fingerprint density at radius 3 is 1.88 bits per heavy atom. The third-order valence-corrected chi connectivity index (χ3v) is 13.3. The van der Waals surface area contributed by atoms with Gasteiger partial charge in [0, 0.05) is 75.0 Å². The molecule has 0 amide bonds. The monoisotopic (exact) mass is 756 g/mol. The highest BCUT2D eigenvalue weighted by Crippen LogP contribution is 2.47. The molecule has 0 fully saturated rings. The Balaban J connectivity index is 1.09. The molecule has 0 aliphatic rings. The molecule has 0 unspecified atom stereocenters. The third-order valence-electron chi connectivity index (χ3n) is 12.1. The van der Waals surface area contributed by atoms with Crippen molar-refractivity contribution < 1.29 is 4.42 Å². The molecule has 13 rings (SSSR count). The highest BCUT2D eigenvalue weighted by Gasteiger charge is 2.22. The lowest BCUT2D eigenvalue weighted by molar-refractivity contribution is 0.670. The number of para-hydroxylation sites is 5. The number of nitrogens with zero attached hydrogens (tertiary/aromatic N) is 2. The second-order valence-electron chi connectivity index (χ2n) is 15.2. The van der Waals surface area contributed by atoms with Crippen LogP contribution in [0, 0.1) is 0 Å². The van der Waals surface area contributed by atoms with Crippen LogP contribution >= 0.6 is 11.3 Å². The summed E-state index contributed by atoms with van der Waals surface area (Å²) in [6.07, 6.45) is 0. The largest absolute Gasteiger partial charge is 0.455 e. The molecule has 0 atom stereocenters. The summed E-state index contributed by atoms with van der Waals surface area (Å²) in [5.74, 6) is 0. The van der Waals surface area contributed by atoms with Gasteiger partial charge in [-0.25, -0.2) is 0 Å². The summed E-state index contributed by atoms with van der Waals surface area (Å²) < 4.78 is 14.1. The van der Waals surface area contributed by atoms with Gasteiger partial charge in [0.05, 0.1) is 22.1 Å². The molecule has 4 heterocycles. The average Bonchev–Trinajstić information content (AvgIpc) is 4.04. The molecule has 0 N–H and O–H groups in total. The number of furan rings is 1. The van der Waals surface area contributed by atoms with Crippen LogP contribution in [-0.4, -0.2) is 9.13 Å². The summed E-state index contributed by atoms with van der Waals surface area (Å²) >= 11 is 1.86. The molecule has 0 radical (unpaired) electrons. The molecule has 0 saturated carbocycles. The molecule has 58 heavy (non-hydrogen) atoms. The minimum atomic E-state index is 0.909. The Labute approximate surface area is 336 Å². The predicted octanol–water partition coefficient (Wildman–Crippen LogP) is 15.5. The maximum Gasteiger partial charge on any atom is 0.143 e. The van der Waals surface area contributed by atoms with E-state index in [0.717, 1.165) is 38.9 Å². The summed E-state index contributed by atoms with van der Waals surface area (Å²) in [7, 11) is 0. The van der Waals surface area contributed by atoms with Crippen LogP contribution in [-0.2, 0) is 0 Å². The lowest BCUT2D eigenvalue weighted by Crippen LogP contribution is -1.95. The number of benzene rings is 9.